The Kier molecular flexibility index (Phi) is 6.17. The van der Waals surface area contributed by atoms with Crippen LogP contribution in [0, 0.1) is 0 Å². The first-order valence-electron chi connectivity index (χ1n) is 7.35. The second kappa shape index (κ2) is 8.12. The molecule has 2 rings (SSSR count). The van der Waals surface area contributed by atoms with Crippen LogP contribution in [0.5, 0.6) is 0 Å². The van der Waals surface area contributed by atoms with Crippen LogP contribution in [0.25, 0.3) is 0 Å². The monoisotopic (exact) mass is 293 g/mol. The molecule has 1 aromatic rings. The Bertz CT molecular complexity index is 455. The minimum absolute atomic E-state index is 0.297. The van der Waals surface area contributed by atoms with Gasteiger partial charge in [-0.1, -0.05) is 18.2 Å². The summed E-state index contributed by atoms with van der Waals surface area (Å²) in [5.74, 6) is -0.858. The predicted octanol–water partition coefficient (Wildman–Crippen LogP) is 2.01. The number of aromatic carboxylic acids is 1. The number of benzene rings is 1. The smallest absolute Gasteiger partial charge is 0.336 e. The average Bonchev–Trinajstić information content (AvgIpc) is 2.50. The van der Waals surface area contributed by atoms with Crippen molar-refractivity contribution in [3.63, 3.8) is 0 Å². The highest BCUT2D eigenvalue weighted by atomic mass is 16.5. The number of ether oxygens (including phenoxy) is 2. The lowest BCUT2D eigenvalue weighted by Crippen LogP contribution is -2.37. The quantitative estimate of drug-likeness (QED) is 0.779. The summed E-state index contributed by atoms with van der Waals surface area (Å²) in [7, 11) is 1.67. The van der Waals surface area contributed by atoms with Crippen LogP contribution < -0.4 is 0 Å². The van der Waals surface area contributed by atoms with Gasteiger partial charge in [-0.2, -0.15) is 0 Å². The molecule has 5 heteroatoms. The van der Waals surface area contributed by atoms with Gasteiger partial charge in [0, 0.05) is 26.7 Å². The molecule has 116 valence electrons. The van der Waals surface area contributed by atoms with Crippen molar-refractivity contribution in [2.45, 2.75) is 25.5 Å². The number of methoxy groups -OCH3 is 1. The molecule has 1 aromatic carbocycles. The summed E-state index contributed by atoms with van der Waals surface area (Å²) in [6.45, 7) is 3.83. The van der Waals surface area contributed by atoms with Gasteiger partial charge in [0.05, 0.1) is 24.9 Å². The fraction of sp³-hybridized carbons (Fsp3) is 0.562. The summed E-state index contributed by atoms with van der Waals surface area (Å²) in [6.07, 6.45) is 2.27. The normalized spacial score (nSPS) is 17.0. The summed E-state index contributed by atoms with van der Waals surface area (Å²) in [5.41, 5.74) is 1.28. The zero-order valence-corrected chi connectivity index (χ0v) is 12.5. The number of rotatable bonds is 7. The fourth-order valence-corrected chi connectivity index (χ4v) is 2.64. The Balaban J connectivity index is 1.82. The van der Waals surface area contributed by atoms with Gasteiger partial charge in [0.15, 0.2) is 0 Å². The Morgan fingerprint density at radius 1 is 1.29 bits per heavy atom. The number of piperidine rings is 1. The van der Waals surface area contributed by atoms with Crippen molar-refractivity contribution in [1.82, 2.24) is 4.90 Å². The molecule has 0 unspecified atom stereocenters. The van der Waals surface area contributed by atoms with Crippen LogP contribution in [-0.4, -0.2) is 55.5 Å². The summed E-state index contributed by atoms with van der Waals surface area (Å²) in [6, 6.07) is 7.22. The molecule has 0 bridgehead atoms. The van der Waals surface area contributed by atoms with Crippen LogP contribution >= 0.6 is 0 Å². The summed E-state index contributed by atoms with van der Waals surface area (Å²) in [5, 5.41) is 9.21. The molecule has 0 spiro atoms. The van der Waals surface area contributed by atoms with Crippen molar-refractivity contribution in [3.8, 4) is 0 Å². The Hall–Kier alpha value is -1.43. The summed E-state index contributed by atoms with van der Waals surface area (Å²) in [4.78, 5) is 13.5. The minimum Gasteiger partial charge on any atom is -0.478 e. The maximum absolute atomic E-state index is 11.2. The predicted molar refractivity (Wildman–Crippen MR) is 79.5 cm³/mol. The molecule has 0 atom stereocenters. The molecule has 1 aliphatic rings. The molecule has 1 saturated heterocycles. The maximum Gasteiger partial charge on any atom is 0.336 e. The van der Waals surface area contributed by atoms with Gasteiger partial charge in [-0.25, -0.2) is 4.79 Å². The maximum atomic E-state index is 11.2. The van der Waals surface area contributed by atoms with Crippen LogP contribution in [0.2, 0.25) is 0 Å². The second-order valence-corrected chi connectivity index (χ2v) is 5.30. The zero-order chi connectivity index (χ0) is 15.1. The Morgan fingerprint density at radius 3 is 2.67 bits per heavy atom. The molecule has 0 amide bonds. The van der Waals surface area contributed by atoms with Gasteiger partial charge in [-0.3, -0.25) is 4.90 Å². The van der Waals surface area contributed by atoms with E-state index in [1.807, 2.05) is 12.1 Å². The zero-order valence-electron chi connectivity index (χ0n) is 12.5. The van der Waals surface area contributed by atoms with Gasteiger partial charge < -0.3 is 14.6 Å². The van der Waals surface area contributed by atoms with Crippen LogP contribution in [0.4, 0.5) is 0 Å². The van der Waals surface area contributed by atoms with E-state index in [0.717, 1.165) is 31.5 Å². The van der Waals surface area contributed by atoms with E-state index < -0.39 is 5.97 Å². The molecule has 1 aliphatic heterocycles. The number of carboxylic acid groups (broad SMARTS) is 1. The van der Waals surface area contributed by atoms with Gasteiger partial charge in [0.2, 0.25) is 0 Å². The van der Waals surface area contributed by atoms with Gasteiger partial charge in [-0.05, 0) is 24.5 Å². The molecule has 1 heterocycles. The van der Waals surface area contributed by atoms with E-state index in [4.69, 9.17) is 9.47 Å². The molecule has 21 heavy (non-hydrogen) atoms. The van der Waals surface area contributed by atoms with Gasteiger partial charge in [-0.15, -0.1) is 0 Å². The molecular formula is C16H23NO4. The van der Waals surface area contributed by atoms with Crippen molar-refractivity contribution in [1.29, 1.82) is 0 Å². The highest BCUT2D eigenvalue weighted by Crippen LogP contribution is 2.18. The van der Waals surface area contributed by atoms with Crippen molar-refractivity contribution in [3.05, 3.63) is 35.4 Å². The van der Waals surface area contributed by atoms with E-state index in [-0.39, 0.29) is 0 Å². The highest BCUT2D eigenvalue weighted by Gasteiger charge is 2.21. The lowest BCUT2D eigenvalue weighted by Gasteiger charge is -2.32. The van der Waals surface area contributed by atoms with Gasteiger partial charge >= 0.3 is 5.97 Å². The second-order valence-electron chi connectivity index (χ2n) is 5.30. The Morgan fingerprint density at radius 2 is 2.00 bits per heavy atom. The van der Waals surface area contributed by atoms with Crippen molar-refractivity contribution in [2.24, 2.45) is 0 Å². The van der Waals surface area contributed by atoms with Crippen molar-refractivity contribution >= 4 is 5.97 Å². The van der Waals surface area contributed by atoms with E-state index in [2.05, 4.69) is 4.90 Å². The summed E-state index contributed by atoms with van der Waals surface area (Å²) >= 11 is 0. The molecule has 0 radical (unpaired) electrons. The van der Waals surface area contributed by atoms with Crippen LogP contribution in [-0.2, 0) is 16.0 Å². The standard InChI is InChI=1S/C16H23NO4/c1-20-10-11-21-14-6-8-17(9-7-14)12-13-4-2-3-5-15(13)16(18)19/h2-5,14H,6-12H2,1H3,(H,18,19). The number of carboxylic acids is 1. The Labute approximate surface area is 125 Å². The third-order valence-electron chi connectivity index (χ3n) is 3.82. The fourth-order valence-electron chi connectivity index (χ4n) is 2.64. The van der Waals surface area contributed by atoms with Gasteiger partial charge in [0.1, 0.15) is 0 Å². The average molecular weight is 293 g/mol. The highest BCUT2D eigenvalue weighted by molar-refractivity contribution is 5.89. The molecule has 0 saturated carbocycles. The molecular weight excluding hydrogens is 270 g/mol. The van der Waals surface area contributed by atoms with E-state index in [1.165, 1.54) is 0 Å². The summed E-state index contributed by atoms with van der Waals surface area (Å²) < 4.78 is 10.7. The number of likely N-dealkylation sites (tertiary alicyclic amines) is 1. The van der Waals surface area contributed by atoms with E-state index in [0.29, 0.717) is 31.4 Å². The number of hydrogen-bond acceptors (Lipinski definition) is 4. The molecule has 0 aliphatic carbocycles. The largest absolute Gasteiger partial charge is 0.478 e. The van der Waals surface area contributed by atoms with E-state index >= 15 is 0 Å². The molecule has 0 aromatic heterocycles. The molecule has 5 nitrogen and oxygen atoms in total. The van der Waals surface area contributed by atoms with Crippen LogP contribution in [0.1, 0.15) is 28.8 Å². The third-order valence-corrected chi connectivity index (χ3v) is 3.82. The van der Waals surface area contributed by atoms with Crippen molar-refractivity contribution < 1.29 is 19.4 Å². The van der Waals surface area contributed by atoms with Crippen LogP contribution in [0.15, 0.2) is 24.3 Å². The lowest BCUT2D eigenvalue weighted by atomic mass is 10.0. The number of hydrogen-bond donors (Lipinski definition) is 1. The minimum atomic E-state index is -0.858. The molecule has 1 N–H and O–H groups in total. The first kappa shape index (κ1) is 15.9. The van der Waals surface area contributed by atoms with Crippen molar-refractivity contribution in [2.75, 3.05) is 33.4 Å². The number of carbonyl (C=O) groups is 1. The SMILES string of the molecule is COCCOC1CCN(Cc2ccccc2C(=O)O)CC1. The van der Waals surface area contributed by atoms with E-state index in [1.54, 1.807) is 19.2 Å². The molecule has 1 fully saturated rings. The van der Waals surface area contributed by atoms with E-state index in [9.17, 15) is 9.90 Å². The van der Waals surface area contributed by atoms with Crippen LogP contribution in [0.3, 0.4) is 0 Å². The van der Waals surface area contributed by atoms with Gasteiger partial charge in [0.25, 0.3) is 0 Å². The lowest BCUT2D eigenvalue weighted by molar-refractivity contribution is -0.0158. The number of nitrogens with zero attached hydrogens (tertiary/aromatic N) is 1. The topological polar surface area (TPSA) is 59.0 Å². The third kappa shape index (κ3) is 4.81. The first-order chi connectivity index (χ1) is 10.2. The first-order valence-corrected chi connectivity index (χ1v) is 7.35.